The van der Waals surface area contributed by atoms with Crippen molar-refractivity contribution in [1.29, 1.82) is 0 Å². The largest absolute Gasteiger partial charge is 0.480 e. The average molecular weight is 435 g/mol. The molecule has 1 saturated heterocycles. The molecule has 7 N–H and O–H groups in total. The molecule has 29 heavy (non-hydrogen) atoms. The lowest BCUT2D eigenvalue weighted by Crippen LogP contribution is -2.58. The van der Waals surface area contributed by atoms with E-state index in [0.717, 1.165) is 0 Å². The van der Waals surface area contributed by atoms with Gasteiger partial charge in [0.25, 0.3) is 0 Å². The van der Waals surface area contributed by atoms with Crippen LogP contribution in [0.15, 0.2) is 0 Å². The molecule has 166 valence electrons. The maximum absolute atomic E-state index is 13.0. The van der Waals surface area contributed by atoms with Crippen LogP contribution >= 0.6 is 11.8 Å². The zero-order valence-electron chi connectivity index (χ0n) is 16.5. The molecule has 11 nitrogen and oxygen atoms in total. The number of aliphatic hydroxyl groups is 2. The number of amides is 3. The summed E-state index contributed by atoms with van der Waals surface area (Å²) in [7, 11) is 0. The summed E-state index contributed by atoms with van der Waals surface area (Å²) in [5, 5.41) is 32.3. The van der Waals surface area contributed by atoms with Crippen molar-refractivity contribution in [2.24, 2.45) is 5.73 Å². The first-order valence-electron chi connectivity index (χ1n) is 9.31. The van der Waals surface area contributed by atoms with E-state index in [-0.39, 0.29) is 6.54 Å². The van der Waals surface area contributed by atoms with Gasteiger partial charge in [0.15, 0.2) is 0 Å². The van der Waals surface area contributed by atoms with Crippen LogP contribution in [0.1, 0.15) is 26.2 Å². The number of hydrogen-bond donors (Lipinski definition) is 6. The molecule has 0 bridgehead atoms. The molecular weight excluding hydrogens is 404 g/mol. The lowest BCUT2D eigenvalue weighted by atomic mass is 10.1. The zero-order chi connectivity index (χ0) is 22.1. The van der Waals surface area contributed by atoms with Crippen molar-refractivity contribution in [3.8, 4) is 0 Å². The Bertz CT molecular complexity index is 604. The van der Waals surface area contributed by atoms with Crippen LogP contribution in [0.5, 0.6) is 0 Å². The third kappa shape index (κ3) is 7.14. The minimum atomic E-state index is -1.46. The average Bonchev–Trinajstić information content (AvgIpc) is 3.17. The predicted molar refractivity (Wildman–Crippen MR) is 106 cm³/mol. The van der Waals surface area contributed by atoms with Gasteiger partial charge in [0.1, 0.15) is 24.2 Å². The zero-order valence-corrected chi connectivity index (χ0v) is 17.4. The van der Waals surface area contributed by atoms with E-state index in [0.29, 0.717) is 25.0 Å². The number of rotatable bonds is 11. The van der Waals surface area contributed by atoms with Crippen LogP contribution < -0.4 is 16.4 Å². The fourth-order valence-electron chi connectivity index (χ4n) is 2.94. The Morgan fingerprint density at radius 2 is 1.90 bits per heavy atom. The van der Waals surface area contributed by atoms with Crippen molar-refractivity contribution in [2.75, 3.05) is 25.2 Å². The van der Waals surface area contributed by atoms with E-state index in [4.69, 9.17) is 15.9 Å². The normalized spacial score (nSPS) is 20.4. The highest BCUT2D eigenvalue weighted by molar-refractivity contribution is 7.98. The maximum atomic E-state index is 13.0. The number of likely N-dealkylation sites (tertiary alicyclic amines) is 1. The maximum Gasteiger partial charge on any atom is 0.328 e. The number of carbonyl (C=O) groups is 4. The van der Waals surface area contributed by atoms with Gasteiger partial charge in [-0.15, -0.1) is 0 Å². The van der Waals surface area contributed by atoms with Gasteiger partial charge in [-0.2, -0.15) is 11.8 Å². The van der Waals surface area contributed by atoms with Crippen molar-refractivity contribution in [3.63, 3.8) is 0 Å². The van der Waals surface area contributed by atoms with E-state index in [1.165, 1.54) is 23.6 Å². The quantitative estimate of drug-likeness (QED) is 0.204. The van der Waals surface area contributed by atoms with E-state index >= 15 is 0 Å². The van der Waals surface area contributed by atoms with Gasteiger partial charge in [-0.1, -0.05) is 0 Å². The molecule has 5 unspecified atom stereocenters. The van der Waals surface area contributed by atoms with Crippen molar-refractivity contribution >= 4 is 35.5 Å². The molecular formula is C17H30N4O7S. The molecule has 0 aromatic rings. The molecule has 1 fully saturated rings. The molecule has 5 atom stereocenters. The third-order valence-electron chi connectivity index (χ3n) is 4.68. The topological polar surface area (TPSA) is 182 Å². The lowest BCUT2D eigenvalue weighted by Gasteiger charge is -2.30. The highest BCUT2D eigenvalue weighted by Gasteiger charge is 2.39. The number of aliphatic hydroxyl groups excluding tert-OH is 2. The smallest absolute Gasteiger partial charge is 0.328 e. The number of hydrogen-bond acceptors (Lipinski definition) is 8. The Labute approximate surface area is 173 Å². The van der Waals surface area contributed by atoms with E-state index in [9.17, 15) is 24.3 Å². The number of nitrogens with two attached hydrogens (primary N) is 1. The number of carboxylic acids is 1. The summed E-state index contributed by atoms with van der Waals surface area (Å²) >= 11 is 1.48. The first-order valence-corrected chi connectivity index (χ1v) is 10.7. The Morgan fingerprint density at radius 3 is 2.41 bits per heavy atom. The van der Waals surface area contributed by atoms with Gasteiger partial charge in [-0.05, 0) is 38.2 Å². The van der Waals surface area contributed by atoms with Crippen LogP contribution in [-0.4, -0.2) is 99.3 Å². The molecule has 0 aromatic carbocycles. The van der Waals surface area contributed by atoms with E-state index < -0.39 is 60.6 Å². The number of nitrogens with zero attached hydrogens (tertiary/aromatic N) is 1. The number of carboxylic acid groups (broad SMARTS) is 1. The number of carbonyl (C=O) groups excluding carboxylic acids is 3. The predicted octanol–water partition coefficient (Wildman–Crippen LogP) is -2.51. The molecule has 0 spiro atoms. The van der Waals surface area contributed by atoms with Crippen LogP contribution in [0.4, 0.5) is 0 Å². The molecule has 1 rings (SSSR count). The second kappa shape index (κ2) is 12.0. The molecule has 0 saturated carbocycles. The molecule has 3 amide bonds. The number of aliphatic carboxylic acids is 1. The molecule has 12 heteroatoms. The van der Waals surface area contributed by atoms with Crippen LogP contribution in [0.2, 0.25) is 0 Å². The lowest BCUT2D eigenvalue weighted by molar-refractivity contribution is -0.145. The summed E-state index contributed by atoms with van der Waals surface area (Å²) in [6, 6.07) is -4.48. The molecule has 1 aliphatic heterocycles. The van der Waals surface area contributed by atoms with E-state index in [1.54, 1.807) is 0 Å². The Hall–Kier alpha value is -1.89. The first kappa shape index (κ1) is 25.1. The summed E-state index contributed by atoms with van der Waals surface area (Å²) in [4.78, 5) is 50.0. The molecule has 1 heterocycles. The summed E-state index contributed by atoms with van der Waals surface area (Å²) < 4.78 is 0. The minimum absolute atomic E-state index is 0.280. The van der Waals surface area contributed by atoms with E-state index in [2.05, 4.69) is 10.6 Å². The van der Waals surface area contributed by atoms with Crippen molar-refractivity contribution < 1.29 is 34.5 Å². The number of nitrogens with one attached hydrogen (secondary N) is 2. The van der Waals surface area contributed by atoms with Crippen molar-refractivity contribution in [3.05, 3.63) is 0 Å². The highest BCUT2D eigenvalue weighted by atomic mass is 32.2. The Balaban J connectivity index is 2.91. The van der Waals surface area contributed by atoms with Gasteiger partial charge in [0, 0.05) is 6.54 Å². The highest BCUT2D eigenvalue weighted by Crippen LogP contribution is 2.20. The summed E-state index contributed by atoms with van der Waals surface area (Å²) in [5.74, 6) is -2.64. The summed E-state index contributed by atoms with van der Waals surface area (Å²) in [5.41, 5.74) is 5.63. The molecule has 1 aliphatic rings. The van der Waals surface area contributed by atoms with Gasteiger partial charge in [0.2, 0.25) is 17.7 Å². The first-order chi connectivity index (χ1) is 13.6. The van der Waals surface area contributed by atoms with Crippen LogP contribution in [0.3, 0.4) is 0 Å². The fraction of sp³-hybridized carbons (Fsp3) is 0.765. The minimum Gasteiger partial charge on any atom is -0.480 e. The summed E-state index contributed by atoms with van der Waals surface area (Å²) in [6.07, 6.45) is 1.93. The standard InChI is InChI=1S/C17H30N4O7S/c1-9(23)13(18)15(25)19-10(5-7-29-2)16(26)21-6-3-4-12(21)14(24)20-11(8-22)17(27)28/h9-13,22-23H,3-8,18H2,1-2H3,(H,19,25)(H,20,24)(H,27,28). The second-order valence-electron chi connectivity index (χ2n) is 6.88. The molecule has 0 aliphatic carbocycles. The van der Waals surface area contributed by atoms with Gasteiger partial charge in [0.05, 0.1) is 12.7 Å². The Kier molecular flexibility index (Phi) is 10.4. The van der Waals surface area contributed by atoms with Gasteiger partial charge >= 0.3 is 5.97 Å². The van der Waals surface area contributed by atoms with Crippen molar-refractivity contribution in [1.82, 2.24) is 15.5 Å². The van der Waals surface area contributed by atoms with Crippen LogP contribution in [0, 0.1) is 0 Å². The monoisotopic (exact) mass is 434 g/mol. The Morgan fingerprint density at radius 1 is 1.24 bits per heavy atom. The molecule has 0 aromatic heterocycles. The van der Waals surface area contributed by atoms with Crippen LogP contribution in [0.25, 0.3) is 0 Å². The third-order valence-corrected chi connectivity index (χ3v) is 5.33. The van der Waals surface area contributed by atoms with Crippen molar-refractivity contribution in [2.45, 2.75) is 56.5 Å². The molecule has 0 radical (unpaired) electrons. The van der Waals surface area contributed by atoms with Gasteiger partial charge in [-0.25, -0.2) is 4.79 Å². The van der Waals surface area contributed by atoms with Gasteiger partial charge in [-0.3, -0.25) is 14.4 Å². The number of thioether (sulfide) groups is 1. The SMILES string of the molecule is CSCCC(NC(=O)C(N)C(C)O)C(=O)N1CCCC1C(=O)NC(CO)C(=O)O. The second-order valence-corrected chi connectivity index (χ2v) is 7.87. The van der Waals surface area contributed by atoms with Crippen LogP contribution in [-0.2, 0) is 19.2 Å². The van der Waals surface area contributed by atoms with Gasteiger partial charge < -0.3 is 36.6 Å². The van der Waals surface area contributed by atoms with E-state index in [1.807, 2.05) is 6.26 Å². The fourth-order valence-corrected chi connectivity index (χ4v) is 3.41. The summed E-state index contributed by atoms with van der Waals surface area (Å²) in [6.45, 7) is 0.872.